The Hall–Kier alpha value is -3.24. The summed E-state index contributed by atoms with van der Waals surface area (Å²) in [5.74, 6) is -0.489. The van der Waals surface area contributed by atoms with Crippen molar-refractivity contribution in [2.75, 3.05) is 43.5 Å². The normalized spacial score (nSPS) is 14.9. The quantitative estimate of drug-likeness (QED) is 0.411. The van der Waals surface area contributed by atoms with Crippen LogP contribution in [0.1, 0.15) is 43.6 Å². The van der Waals surface area contributed by atoms with Gasteiger partial charge in [0.15, 0.2) is 5.13 Å². The van der Waals surface area contributed by atoms with Crippen molar-refractivity contribution in [3.05, 3.63) is 70.2 Å². The maximum atomic E-state index is 14.8. The number of hydrogen-bond acceptors (Lipinski definition) is 6. The number of rotatable bonds is 7. The number of hydrogen-bond donors (Lipinski definition) is 3. The molecule has 0 saturated carbocycles. The van der Waals surface area contributed by atoms with Gasteiger partial charge in [0.25, 0.3) is 0 Å². The molecule has 1 saturated heterocycles. The van der Waals surface area contributed by atoms with Gasteiger partial charge >= 0.3 is 6.03 Å². The van der Waals surface area contributed by atoms with Gasteiger partial charge in [0, 0.05) is 37.0 Å². The fourth-order valence-corrected chi connectivity index (χ4v) is 5.09. The standard InChI is InChI=1S/C26H31F2N5O2S/c1-16(17-13-20(27)23(21(28)14-17)33-11-9-29-10-12-33)30-24(34)32-25-31-22(15-36-25)26(2,3)18-5-7-19(35-4)8-6-18/h5-8,13-16,29H,9-12H2,1-4H3,(H2,30,31,32,34). The van der Waals surface area contributed by atoms with Crippen molar-refractivity contribution in [3.8, 4) is 5.75 Å². The lowest BCUT2D eigenvalue weighted by Crippen LogP contribution is -2.44. The molecule has 0 bridgehead atoms. The number of amides is 2. The Morgan fingerprint density at radius 1 is 1.17 bits per heavy atom. The van der Waals surface area contributed by atoms with Crippen LogP contribution >= 0.6 is 11.3 Å². The number of carbonyl (C=O) groups excluding carboxylic acids is 1. The summed E-state index contributed by atoms with van der Waals surface area (Å²) < 4.78 is 34.8. The number of ether oxygens (including phenoxy) is 1. The molecule has 2 heterocycles. The first-order valence-electron chi connectivity index (χ1n) is 11.8. The van der Waals surface area contributed by atoms with E-state index in [1.54, 1.807) is 18.9 Å². The van der Waals surface area contributed by atoms with Gasteiger partial charge in [0.05, 0.1) is 18.8 Å². The Morgan fingerprint density at radius 2 is 1.81 bits per heavy atom. The molecule has 2 amide bonds. The van der Waals surface area contributed by atoms with Crippen LogP contribution in [-0.4, -0.2) is 44.3 Å². The number of methoxy groups -OCH3 is 1. The van der Waals surface area contributed by atoms with Gasteiger partial charge in [-0.1, -0.05) is 26.0 Å². The zero-order valence-corrected chi connectivity index (χ0v) is 21.6. The molecular weight excluding hydrogens is 484 g/mol. The van der Waals surface area contributed by atoms with Crippen molar-refractivity contribution < 1.29 is 18.3 Å². The number of nitrogens with zero attached hydrogens (tertiary/aromatic N) is 2. The monoisotopic (exact) mass is 515 g/mol. The second-order valence-corrected chi connectivity index (χ2v) is 10.1. The molecule has 1 fully saturated rings. The van der Waals surface area contributed by atoms with Crippen LogP contribution in [0.3, 0.4) is 0 Å². The predicted molar refractivity (Wildman–Crippen MR) is 139 cm³/mol. The largest absolute Gasteiger partial charge is 0.497 e. The van der Waals surface area contributed by atoms with Crippen LogP contribution < -0.4 is 25.6 Å². The second kappa shape index (κ2) is 10.8. The molecule has 1 aliphatic heterocycles. The van der Waals surface area contributed by atoms with Crippen molar-refractivity contribution in [2.24, 2.45) is 0 Å². The second-order valence-electron chi connectivity index (χ2n) is 9.28. The Kier molecular flexibility index (Phi) is 7.75. The van der Waals surface area contributed by atoms with Crippen molar-refractivity contribution in [2.45, 2.75) is 32.2 Å². The zero-order valence-electron chi connectivity index (χ0n) is 20.8. The third-order valence-corrected chi connectivity index (χ3v) is 7.25. The van der Waals surface area contributed by atoms with Gasteiger partial charge in [0.1, 0.15) is 23.1 Å². The summed E-state index contributed by atoms with van der Waals surface area (Å²) in [6.07, 6.45) is 0. The highest BCUT2D eigenvalue weighted by molar-refractivity contribution is 7.13. The maximum absolute atomic E-state index is 14.8. The fraction of sp³-hybridized carbons (Fsp3) is 0.385. The lowest BCUT2D eigenvalue weighted by molar-refractivity contribution is 0.249. The first-order chi connectivity index (χ1) is 17.2. The number of nitrogens with one attached hydrogen (secondary N) is 3. The molecule has 4 rings (SSSR count). The van der Waals surface area contributed by atoms with Crippen LogP contribution in [0.4, 0.5) is 24.4 Å². The summed E-state index contributed by atoms with van der Waals surface area (Å²) in [4.78, 5) is 18.9. The van der Waals surface area contributed by atoms with Gasteiger partial charge < -0.3 is 20.3 Å². The number of carbonyl (C=O) groups is 1. The number of anilines is 2. The van der Waals surface area contributed by atoms with E-state index in [0.29, 0.717) is 36.9 Å². The summed E-state index contributed by atoms with van der Waals surface area (Å²) in [7, 11) is 1.63. The molecule has 3 N–H and O–H groups in total. The first kappa shape index (κ1) is 25.8. The van der Waals surface area contributed by atoms with Crippen LogP contribution in [0.2, 0.25) is 0 Å². The smallest absolute Gasteiger partial charge is 0.321 e. The van der Waals surface area contributed by atoms with E-state index >= 15 is 0 Å². The molecule has 2 aromatic carbocycles. The Balaban J connectivity index is 1.40. The van der Waals surface area contributed by atoms with E-state index in [9.17, 15) is 13.6 Å². The van der Waals surface area contributed by atoms with Crippen LogP contribution in [0.25, 0.3) is 0 Å². The summed E-state index contributed by atoms with van der Waals surface area (Å²) in [6, 6.07) is 9.24. The predicted octanol–water partition coefficient (Wildman–Crippen LogP) is 5.05. The molecule has 3 aromatic rings. The first-order valence-corrected chi connectivity index (χ1v) is 12.7. The summed E-state index contributed by atoms with van der Waals surface area (Å²) in [5.41, 5.74) is 1.82. The van der Waals surface area contributed by atoms with Gasteiger partial charge in [-0.3, -0.25) is 5.32 Å². The van der Waals surface area contributed by atoms with E-state index in [-0.39, 0.29) is 11.1 Å². The minimum Gasteiger partial charge on any atom is -0.497 e. The summed E-state index contributed by atoms with van der Waals surface area (Å²) >= 11 is 1.31. The molecule has 0 aliphatic carbocycles. The van der Waals surface area contributed by atoms with Crippen LogP contribution in [0.15, 0.2) is 41.8 Å². The summed E-state index contributed by atoms with van der Waals surface area (Å²) in [5, 5.41) is 11.0. The van der Waals surface area contributed by atoms with Gasteiger partial charge in [-0.25, -0.2) is 18.6 Å². The molecule has 1 aromatic heterocycles. The highest BCUT2D eigenvalue weighted by Crippen LogP contribution is 2.34. The number of aromatic nitrogens is 1. The average Bonchev–Trinajstić information content (AvgIpc) is 3.33. The number of urea groups is 1. The lowest BCUT2D eigenvalue weighted by Gasteiger charge is -2.30. The van der Waals surface area contributed by atoms with Gasteiger partial charge in [-0.2, -0.15) is 0 Å². The third-order valence-electron chi connectivity index (χ3n) is 6.50. The van der Waals surface area contributed by atoms with Crippen molar-refractivity contribution in [1.29, 1.82) is 0 Å². The van der Waals surface area contributed by atoms with Crippen LogP contribution in [0, 0.1) is 11.6 Å². The molecule has 192 valence electrons. The highest BCUT2D eigenvalue weighted by atomic mass is 32.1. The van der Waals surface area contributed by atoms with E-state index in [1.807, 2.05) is 29.6 Å². The zero-order chi connectivity index (χ0) is 25.9. The highest BCUT2D eigenvalue weighted by Gasteiger charge is 2.27. The molecule has 0 spiro atoms. The lowest BCUT2D eigenvalue weighted by atomic mass is 9.82. The van der Waals surface area contributed by atoms with Gasteiger partial charge in [-0.05, 0) is 42.3 Å². The van der Waals surface area contributed by atoms with Crippen LogP contribution in [0.5, 0.6) is 5.75 Å². The fourth-order valence-electron chi connectivity index (χ4n) is 4.21. The van der Waals surface area contributed by atoms with Crippen molar-refractivity contribution in [1.82, 2.24) is 15.6 Å². The number of piperazine rings is 1. The molecule has 0 radical (unpaired) electrons. The van der Waals surface area contributed by atoms with Crippen molar-refractivity contribution >= 4 is 28.2 Å². The number of benzene rings is 2. The van der Waals surface area contributed by atoms with E-state index in [2.05, 4.69) is 34.8 Å². The SMILES string of the molecule is COc1ccc(C(C)(C)c2csc(NC(=O)NC(C)c3cc(F)c(N4CCNCC4)c(F)c3)n2)cc1. The van der Waals surface area contributed by atoms with Crippen molar-refractivity contribution in [3.63, 3.8) is 0 Å². The summed E-state index contributed by atoms with van der Waals surface area (Å²) in [6.45, 7) is 8.22. The molecule has 7 nitrogen and oxygen atoms in total. The van der Waals surface area contributed by atoms with E-state index in [1.165, 1.54) is 23.5 Å². The molecular formula is C26H31F2N5O2S. The Labute approximate surface area is 213 Å². The number of thiazole rings is 1. The molecule has 1 atom stereocenters. The van der Waals surface area contributed by atoms with E-state index in [0.717, 1.165) is 17.0 Å². The molecule has 1 aliphatic rings. The third kappa shape index (κ3) is 5.60. The van der Waals surface area contributed by atoms with E-state index < -0.39 is 23.7 Å². The Bertz CT molecular complexity index is 1190. The topological polar surface area (TPSA) is 78.5 Å². The molecule has 1 unspecified atom stereocenters. The van der Waals surface area contributed by atoms with Crippen LogP contribution in [-0.2, 0) is 5.41 Å². The van der Waals surface area contributed by atoms with E-state index in [4.69, 9.17) is 4.74 Å². The minimum atomic E-state index is -0.633. The number of halogens is 2. The Morgan fingerprint density at radius 3 is 2.42 bits per heavy atom. The maximum Gasteiger partial charge on any atom is 0.321 e. The van der Waals surface area contributed by atoms with Gasteiger partial charge in [0.2, 0.25) is 0 Å². The minimum absolute atomic E-state index is 0.0216. The molecule has 36 heavy (non-hydrogen) atoms. The van der Waals surface area contributed by atoms with Gasteiger partial charge in [-0.15, -0.1) is 11.3 Å². The average molecular weight is 516 g/mol. The molecule has 10 heteroatoms.